The molecular formula is C14H24N2O5. The van der Waals surface area contributed by atoms with Crippen molar-refractivity contribution in [3.8, 4) is 0 Å². The molecule has 0 saturated heterocycles. The Morgan fingerprint density at radius 1 is 1.24 bits per heavy atom. The van der Waals surface area contributed by atoms with Gasteiger partial charge in [0.15, 0.2) is 0 Å². The van der Waals surface area contributed by atoms with Crippen LogP contribution in [0.3, 0.4) is 0 Å². The first-order chi connectivity index (χ1) is 9.90. The van der Waals surface area contributed by atoms with Gasteiger partial charge in [0.25, 0.3) is 0 Å². The Morgan fingerprint density at radius 2 is 1.81 bits per heavy atom. The Balaban J connectivity index is 2.77. The molecule has 1 aliphatic carbocycles. The highest BCUT2D eigenvalue weighted by Crippen LogP contribution is 2.27. The second-order valence-corrected chi connectivity index (χ2v) is 5.19. The summed E-state index contributed by atoms with van der Waals surface area (Å²) in [5, 5.41) is 11.9. The number of carbonyl (C=O) groups is 3. The molecule has 0 heterocycles. The van der Waals surface area contributed by atoms with Gasteiger partial charge in [0.1, 0.15) is 12.1 Å². The molecule has 1 aliphatic rings. The van der Waals surface area contributed by atoms with Crippen molar-refractivity contribution in [3.63, 3.8) is 0 Å². The molecule has 2 N–H and O–H groups in total. The van der Waals surface area contributed by atoms with Crippen molar-refractivity contribution < 1.29 is 24.2 Å². The molecular weight excluding hydrogens is 276 g/mol. The van der Waals surface area contributed by atoms with E-state index in [4.69, 9.17) is 4.74 Å². The number of hydrogen-bond donors (Lipinski definition) is 2. The van der Waals surface area contributed by atoms with Crippen LogP contribution in [0, 0.1) is 0 Å². The van der Waals surface area contributed by atoms with E-state index < -0.39 is 23.5 Å². The van der Waals surface area contributed by atoms with Crippen LogP contribution in [-0.2, 0) is 14.3 Å². The molecule has 0 aromatic carbocycles. The Morgan fingerprint density at radius 3 is 2.19 bits per heavy atom. The van der Waals surface area contributed by atoms with Crippen LogP contribution < -0.4 is 5.32 Å². The van der Waals surface area contributed by atoms with Crippen molar-refractivity contribution in [1.29, 1.82) is 0 Å². The minimum Gasteiger partial charge on any atom is -0.480 e. The van der Waals surface area contributed by atoms with Gasteiger partial charge in [0.05, 0.1) is 6.61 Å². The third-order valence-electron chi connectivity index (χ3n) is 3.82. The molecule has 0 aromatic heterocycles. The van der Waals surface area contributed by atoms with E-state index in [0.29, 0.717) is 0 Å². The molecule has 1 rings (SSSR count). The maximum Gasteiger partial charge on any atom is 0.329 e. The number of esters is 1. The van der Waals surface area contributed by atoms with Crippen LogP contribution in [0.5, 0.6) is 0 Å². The highest BCUT2D eigenvalue weighted by Gasteiger charge is 2.41. The largest absolute Gasteiger partial charge is 0.480 e. The number of hydrogen-bond acceptors (Lipinski definition) is 4. The maximum atomic E-state index is 12.3. The fourth-order valence-corrected chi connectivity index (χ4v) is 2.16. The second kappa shape index (κ2) is 7.28. The Kier molecular flexibility index (Phi) is 5.99. The van der Waals surface area contributed by atoms with Crippen LogP contribution >= 0.6 is 0 Å². The van der Waals surface area contributed by atoms with Crippen LogP contribution in [0.4, 0.5) is 4.79 Å². The lowest BCUT2D eigenvalue weighted by molar-refractivity contribution is -0.144. The van der Waals surface area contributed by atoms with Gasteiger partial charge in [-0.05, 0) is 32.6 Å². The lowest BCUT2D eigenvalue weighted by atomic mass is 9.93. The molecule has 7 heteroatoms. The molecule has 0 bridgehead atoms. The predicted octanol–water partition coefficient (Wildman–Crippen LogP) is 1.37. The van der Waals surface area contributed by atoms with Gasteiger partial charge in [-0.1, -0.05) is 13.8 Å². The molecule has 2 amide bonds. The number of amides is 2. The van der Waals surface area contributed by atoms with E-state index in [2.05, 4.69) is 5.32 Å². The molecule has 1 saturated carbocycles. The summed E-state index contributed by atoms with van der Waals surface area (Å²) in [5.41, 5.74) is -1.29. The Labute approximate surface area is 124 Å². The quantitative estimate of drug-likeness (QED) is 0.660. The smallest absolute Gasteiger partial charge is 0.329 e. The van der Waals surface area contributed by atoms with Gasteiger partial charge >= 0.3 is 18.0 Å². The van der Waals surface area contributed by atoms with Gasteiger partial charge < -0.3 is 20.1 Å². The van der Waals surface area contributed by atoms with Crippen molar-refractivity contribution in [2.24, 2.45) is 0 Å². The van der Waals surface area contributed by atoms with Crippen molar-refractivity contribution in [2.75, 3.05) is 13.2 Å². The average Bonchev–Trinajstić information content (AvgIpc) is 3.26. The summed E-state index contributed by atoms with van der Waals surface area (Å²) in [6.45, 7) is 5.23. The fraction of sp³-hybridized carbons (Fsp3) is 0.786. The highest BCUT2D eigenvalue weighted by atomic mass is 16.5. The summed E-state index contributed by atoms with van der Waals surface area (Å²) < 4.78 is 4.85. The lowest BCUT2D eigenvalue weighted by Gasteiger charge is -2.31. The number of carbonyl (C=O) groups excluding carboxylic acids is 2. The summed E-state index contributed by atoms with van der Waals surface area (Å²) in [6.07, 6.45) is 2.21. The van der Waals surface area contributed by atoms with Crippen molar-refractivity contribution in [3.05, 3.63) is 0 Å². The van der Waals surface area contributed by atoms with E-state index in [1.165, 1.54) is 4.90 Å². The zero-order valence-corrected chi connectivity index (χ0v) is 12.8. The van der Waals surface area contributed by atoms with Gasteiger partial charge in [-0.2, -0.15) is 0 Å². The first-order valence-corrected chi connectivity index (χ1v) is 7.38. The van der Waals surface area contributed by atoms with E-state index in [-0.39, 0.29) is 32.0 Å². The number of nitrogens with zero attached hydrogens (tertiary/aromatic N) is 1. The lowest BCUT2D eigenvalue weighted by Crippen LogP contribution is -2.58. The number of urea groups is 1. The van der Waals surface area contributed by atoms with Crippen molar-refractivity contribution in [2.45, 2.75) is 58.0 Å². The standard InChI is InChI=1S/C14H24N2O5/c1-4-14(5-2,12(18)19)15-13(20)16(10-7-8-10)9-11(17)21-6-3/h10H,4-9H2,1-3H3,(H,15,20)(H,18,19). The molecule has 1 fully saturated rings. The maximum absolute atomic E-state index is 12.3. The van der Waals surface area contributed by atoms with E-state index >= 15 is 0 Å². The van der Waals surface area contributed by atoms with Gasteiger partial charge in [-0.3, -0.25) is 4.79 Å². The average molecular weight is 300 g/mol. The van der Waals surface area contributed by atoms with Crippen LogP contribution in [0.1, 0.15) is 46.5 Å². The summed E-state index contributed by atoms with van der Waals surface area (Å²) in [6, 6.07) is -0.522. The number of carboxylic acid groups (broad SMARTS) is 1. The number of rotatable bonds is 8. The molecule has 7 nitrogen and oxygen atoms in total. The topological polar surface area (TPSA) is 95.9 Å². The molecule has 0 spiro atoms. The summed E-state index contributed by atoms with van der Waals surface area (Å²) in [4.78, 5) is 36.7. The van der Waals surface area contributed by atoms with Crippen LogP contribution in [0.25, 0.3) is 0 Å². The first-order valence-electron chi connectivity index (χ1n) is 7.38. The fourth-order valence-electron chi connectivity index (χ4n) is 2.16. The highest BCUT2D eigenvalue weighted by molar-refractivity contribution is 5.88. The van der Waals surface area contributed by atoms with Crippen LogP contribution in [0.15, 0.2) is 0 Å². The van der Waals surface area contributed by atoms with Crippen LogP contribution in [0.2, 0.25) is 0 Å². The number of aliphatic carboxylic acids is 1. The number of ether oxygens (including phenoxy) is 1. The molecule has 0 atom stereocenters. The van der Waals surface area contributed by atoms with Gasteiger partial charge in [-0.25, -0.2) is 9.59 Å². The normalized spacial score (nSPS) is 14.4. The van der Waals surface area contributed by atoms with Crippen LogP contribution in [-0.4, -0.2) is 52.7 Å². The molecule has 0 unspecified atom stereocenters. The van der Waals surface area contributed by atoms with E-state index in [1.807, 2.05) is 0 Å². The van der Waals surface area contributed by atoms with Gasteiger partial charge in [0, 0.05) is 6.04 Å². The third-order valence-corrected chi connectivity index (χ3v) is 3.82. The summed E-state index contributed by atoms with van der Waals surface area (Å²) >= 11 is 0. The first kappa shape index (κ1) is 17.3. The minimum absolute atomic E-state index is 0.00499. The SMILES string of the molecule is CCOC(=O)CN(C(=O)NC(CC)(CC)C(=O)O)C1CC1. The second-order valence-electron chi connectivity index (χ2n) is 5.19. The molecule has 0 aliphatic heterocycles. The summed E-state index contributed by atoms with van der Waals surface area (Å²) in [7, 11) is 0. The molecule has 0 aromatic rings. The monoisotopic (exact) mass is 300 g/mol. The molecule has 0 radical (unpaired) electrons. The van der Waals surface area contributed by atoms with E-state index in [1.54, 1.807) is 20.8 Å². The number of nitrogens with one attached hydrogen (secondary N) is 1. The van der Waals surface area contributed by atoms with E-state index in [0.717, 1.165) is 12.8 Å². The zero-order chi connectivity index (χ0) is 16.0. The van der Waals surface area contributed by atoms with Crippen molar-refractivity contribution >= 4 is 18.0 Å². The third kappa shape index (κ3) is 4.34. The Hall–Kier alpha value is -1.79. The zero-order valence-electron chi connectivity index (χ0n) is 12.8. The van der Waals surface area contributed by atoms with Gasteiger partial charge in [0.2, 0.25) is 0 Å². The number of carboxylic acids is 1. The minimum atomic E-state index is -1.29. The van der Waals surface area contributed by atoms with Gasteiger partial charge in [-0.15, -0.1) is 0 Å². The molecule has 21 heavy (non-hydrogen) atoms. The van der Waals surface area contributed by atoms with Crippen molar-refractivity contribution in [1.82, 2.24) is 10.2 Å². The predicted molar refractivity (Wildman–Crippen MR) is 75.8 cm³/mol. The molecule has 120 valence electrons. The Bertz CT molecular complexity index is 402. The summed E-state index contributed by atoms with van der Waals surface area (Å²) in [5.74, 6) is -1.54. The van der Waals surface area contributed by atoms with E-state index in [9.17, 15) is 19.5 Å².